The molecule has 1 aromatic heterocycles. The monoisotopic (exact) mass is 281 g/mol. The summed E-state index contributed by atoms with van der Waals surface area (Å²) in [6.45, 7) is 1.68. The Bertz CT molecular complexity index is 424. The average Bonchev–Trinajstić information content (AvgIpc) is 3.00. The van der Waals surface area contributed by atoms with Gasteiger partial charge in [0.2, 0.25) is 0 Å². The van der Waals surface area contributed by atoms with E-state index in [1.165, 1.54) is 24.2 Å². The predicted molar refractivity (Wildman–Crippen MR) is 80.6 cm³/mol. The van der Waals surface area contributed by atoms with E-state index in [0.717, 1.165) is 25.9 Å². The zero-order valence-corrected chi connectivity index (χ0v) is 12.6. The van der Waals surface area contributed by atoms with Gasteiger partial charge in [0.15, 0.2) is 0 Å². The molecule has 106 valence electrons. The Morgan fingerprint density at radius 3 is 2.58 bits per heavy atom. The third kappa shape index (κ3) is 3.48. The van der Waals surface area contributed by atoms with E-state index in [1.807, 2.05) is 30.4 Å². The number of nitrogens with zero attached hydrogens (tertiary/aromatic N) is 2. The van der Waals surface area contributed by atoms with Gasteiger partial charge in [-0.15, -0.1) is 11.3 Å². The van der Waals surface area contributed by atoms with Crippen LogP contribution in [0.25, 0.3) is 0 Å². The second-order valence-corrected chi connectivity index (χ2v) is 6.36. The van der Waals surface area contributed by atoms with Crippen LogP contribution in [0.3, 0.4) is 0 Å². The van der Waals surface area contributed by atoms with Gasteiger partial charge in [-0.25, -0.2) is 0 Å². The number of nitrogens with two attached hydrogens (primary N) is 1. The van der Waals surface area contributed by atoms with E-state index in [9.17, 15) is 4.79 Å². The van der Waals surface area contributed by atoms with Gasteiger partial charge in [0, 0.05) is 19.1 Å². The summed E-state index contributed by atoms with van der Waals surface area (Å²) in [7, 11) is 4.08. The number of amides is 1. The molecule has 1 heterocycles. The number of nitrogen functional groups attached to an aromatic ring is 1. The Kier molecular flexibility index (Phi) is 4.82. The second kappa shape index (κ2) is 6.39. The normalized spacial score (nSPS) is 16.2. The SMILES string of the molecule is CN(C)CCN(C(=O)c1sccc1N)C1CCCC1. The maximum absolute atomic E-state index is 12.7. The third-order valence-corrected chi connectivity index (χ3v) is 4.62. The lowest BCUT2D eigenvalue weighted by molar-refractivity contribution is 0.0673. The number of carbonyl (C=O) groups excluding carboxylic acids is 1. The lowest BCUT2D eigenvalue weighted by Crippen LogP contribution is -2.42. The first kappa shape index (κ1) is 14.3. The topological polar surface area (TPSA) is 49.6 Å². The zero-order valence-electron chi connectivity index (χ0n) is 11.8. The highest BCUT2D eigenvalue weighted by Crippen LogP contribution is 2.28. The molecule has 2 rings (SSSR count). The molecule has 0 aromatic carbocycles. The van der Waals surface area contributed by atoms with Crippen molar-refractivity contribution in [3.63, 3.8) is 0 Å². The highest BCUT2D eigenvalue weighted by molar-refractivity contribution is 7.12. The number of rotatable bonds is 5. The molecule has 4 nitrogen and oxygen atoms in total. The quantitative estimate of drug-likeness (QED) is 0.901. The maximum atomic E-state index is 12.7. The molecule has 0 radical (unpaired) electrons. The number of hydrogen-bond acceptors (Lipinski definition) is 4. The average molecular weight is 281 g/mol. The van der Waals surface area contributed by atoms with E-state index < -0.39 is 0 Å². The summed E-state index contributed by atoms with van der Waals surface area (Å²) < 4.78 is 0. The molecule has 1 aromatic rings. The van der Waals surface area contributed by atoms with Gasteiger partial charge in [-0.2, -0.15) is 0 Å². The van der Waals surface area contributed by atoms with Crippen LogP contribution in [0.5, 0.6) is 0 Å². The van der Waals surface area contributed by atoms with Crippen molar-refractivity contribution in [2.75, 3.05) is 32.9 Å². The highest BCUT2D eigenvalue weighted by Gasteiger charge is 2.28. The Morgan fingerprint density at radius 1 is 1.37 bits per heavy atom. The van der Waals surface area contributed by atoms with Gasteiger partial charge < -0.3 is 15.5 Å². The molecule has 0 bridgehead atoms. The molecule has 0 unspecified atom stereocenters. The van der Waals surface area contributed by atoms with Gasteiger partial charge in [-0.05, 0) is 38.4 Å². The van der Waals surface area contributed by atoms with Crippen LogP contribution in [0.2, 0.25) is 0 Å². The largest absolute Gasteiger partial charge is 0.397 e. The summed E-state index contributed by atoms with van der Waals surface area (Å²) in [5.41, 5.74) is 6.50. The van der Waals surface area contributed by atoms with Crippen LogP contribution in [0.1, 0.15) is 35.4 Å². The first-order valence-electron chi connectivity index (χ1n) is 6.88. The van der Waals surface area contributed by atoms with Crippen LogP contribution in [0, 0.1) is 0 Å². The molecule has 1 amide bonds. The van der Waals surface area contributed by atoms with Crippen LogP contribution in [-0.4, -0.2) is 48.9 Å². The zero-order chi connectivity index (χ0) is 13.8. The summed E-state index contributed by atoms with van der Waals surface area (Å²) in [4.78, 5) is 17.5. The summed E-state index contributed by atoms with van der Waals surface area (Å²) >= 11 is 1.45. The molecule has 1 aliphatic rings. The molecule has 0 aliphatic heterocycles. The molecular weight excluding hydrogens is 258 g/mol. The molecule has 0 saturated heterocycles. The fourth-order valence-electron chi connectivity index (χ4n) is 2.60. The molecular formula is C14H23N3OS. The van der Waals surface area contributed by atoms with Gasteiger partial charge in [0.1, 0.15) is 4.88 Å². The Balaban J connectivity index is 2.11. The highest BCUT2D eigenvalue weighted by atomic mass is 32.1. The number of likely N-dealkylation sites (N-methyl/N-ethyl adjacent to an activating group) is 1. The fourth-order valence-corrected chi connectivity index (χ4v) is 3.37. The lowest BCUT2D eigenvalue weighted by atomic mass is 10.2. The molecule has 1 fully saturated rings. The molecule has 1 saturated carbocycles. The van der Waals surface area contributed by atoms with Crippen molar-refractivity contribution >= 4 is 22.9 Å². The Labute approximate surface area is 119 Å². The number of hydrogen-bond donors (Lipinski definition) is 1. The van der Waals surface area contributed by atoms with Crippen molar-refractivity contribution < 1.29 is 4.79 Å². The van der Waals surface area contributed by atoms with Crippen LogP contribution in [0.4, 0.5) is 5.69 Å². The second-order valence-electron chi connectivity index (χ2n) is 5.45. The molecule has 5 heteroatoms. The van der Waals surface area contributed by atoms with Crippen molar-refractivity contribution in [1.29, 1.82) is 0 Å². The van der Waals surface area contributed by atoms with E-state index in [0.29, 0.717) is 16.6 Å². The van der Waals surface area contributed by atoms with E-state index in [2.05, 4.69) is 4.90 Å². The molecule has 19 heavy (non-hydrogen) atoms. The Morgan fingerprint density at radius 2 is 2.05 bits per heavy atom. The van der Waals surface area contributed by atoms with Crippen LogP contribution in [0.15, 0.2) is 11.4 Å². The van der Waals surface area contributed by atoms with Crippen molar-refractivity contribution in [3.8, 4) is 0 Å². The lowest BCUT2D eigenvalue weighted by Gasteiger charge is -2.30. The van der Waals surface area contributed by atoms with Crippen molar-refractivity contribution in [1.82, 2.24) is 9.80 Å². The van der Waals surface area contributed by atoms with Gasteiger partial charge in [0.05, 0.1) is 5.69 Å². The standard InChI is InChI=1S/C14H23N3OS/c1-16(2)8-9-17(11-5-3-4-6-11)14(18)13-12(15)7-10-19-13/h7,10-11H,3-6,8-9,15H2,1-2H3. The molecule has 2 N–H and O–H groups in total. The minimum Gasteiger partial charge on any atom is -0.397 e. The summed E-state index contributed by atoms with van der Waals surface area (Å²) in [5.74, 6) is 0.112. The minimum absolute atomic E-state index is 0.112. The van der Waals surface area contributed by atoms with Gasteiger partial charge in [0.25, 0.3) is 5.91 Å². The minimum atomic E-state index is 0.112. The Hall–Kier alpha value is -1.07. The summed E-state index contributed by atoms with van der Waals surface area (Å²) in [6, 6.07) is 2.21. The molecule has 0 spiro atoms. The third-order valence-electron chi connectivity index (χ3n) is 3.70. The summed E-state index contributed by atoms with van der Waals surface area (Å²) in [5, 5.41) is 1.89. The maximum Gasteiger partial charge on any atom is 0.266 e. The van der Waals surface area contributed by atoms with E-state index in [4.69, 9.17) is 5.73 Å². The number of anilines is 1. The predicted octanol–water partition coefficient (Wildman–Crippen LogP) is 2.28. The van der Waals surface area contributed by atoms with Gasteiger partial charge in [-0.1, -0.05) is 12.8 Å². The first-order valence-corrected chi connectivity index (χ1v) is 7.76. The summed E-state index contributed by atoms with van der Waals surface area (Å²) in [6.07, 6.45) is 4.72. The number of thiophene rings is 1. The first-order chi connectivity index (χ1) is 9.09. The number of carbonyl (C=O) groups is 1. The van der Waals surface area contributed by atoms with Crippen LogP contribution >= 0.6 is 11.3 Å². The van der Waals surface area contributed by atoms with Gasteiger partial charge in [-0.3, -0.25) is 4.79 Å². The van der Waals surface area contributed by atoms with Crippen molar-refractivity contribution in [2.24, 2.45) is 0 Å². The van der Waals surface area contributed by atoms with Crippen molar-refractivity contribution in [3.05, 3.63) is 16.3 Å². The van der Waals surface area contributed by atoms with E-state index >= 15 is 0 Å². The molecule has 0 atom stereocenters. The van der Waals surface area contributed by atoms with E-state index in [1.54, 1.807) is 0 Å². The smallest absolute Gasteiger partial charge is 0.266 e. The van der Waals surface area contributed by atoms with Crippen LogP contribution in [-0.2, 0) is 0 Å². The molecule has 1 aliphatic carbocycles. The van der Waals surface area contributed by atoms with Crippen molar-refractivity contribution in [2.45, 2.75) is 31.7 Å². The van der Waals surface area contributed by atoms with Gasteiger partial charge >= 0.3 is 0 Å². The van der Waals surface area contributed by atoms with Crippen LogP contribution < -0.4 is 5.73 Å². The van der Waals surface area contributed by atoms with E-state index in [-0.39, 0.29) is 5.91 Å². The fraction of sp³-hybridized carbons (Fsp3) is 0.643.